The Morgan fingerprint density at radius 3 is 2.46 bits per heavy atom. The molecule has 0 bridgehead atoms. The molecule has 0 saturated carbocycles. The molecule has 0 heterocycles. The number of ether oxygens (including phenoxy) is 2. The third-order valence-electron chi connectivity index (χ3n) is 2.92. The molecule has 2 N–H and O–H groups in total. The number of esters is 1. The van der Waals surface area contributed by atoms with Gasteiger partial charge in [-0.3, -0.25) is 10.1 Å². The lowest BCUT2D eigenvalue weighted by molar-refractivity contribution is -0.137. The standard InChI is InChI=1S/C17H22N2O4S/c1-4-12(3)23-14-8-6-13(7-9-14)18-17(24)19-15(20)10-11-16(21)22-5-2/h6-12H,4-5H2,1-3H3,(H2,18,19,20,24)/b11-10+. The monoisotopic (exact) mass is 350 g/mol. The summed E-state index contributed by atoms with van der Waals surface area (Å²) in [6.07, 6.45) is 3.18. The zero-order valence-electron chi connectivity index (χ0n) is 14.0. The van der Waals surface area contributed by atoms with Crippen molar-refractivity contribution in [3.05, 3.63) is 36.4 Å². The van der Waals surface area contributed by atoms with E-state index in [1.54, 1.807) is 19.1 Å². The largest absolute Gasteiger partial charge is 0.491 e. The van der Waals surface area contributed by atoms with Gasteiger partial charge in [0.15, 0.2) is 5.11 Å². The van der Waals surface area contributed by atoms with Crippen LogP contribution in [-0.4, -0.2) is 29.7 Å². The number of hydrogen-bond donors (Lipinski definition) is 2. The van der Waals surface area contributed by atoms with Gasteiger partial charge in [-0.1, -0.05) is 6.92 Å². The molecule has 1 aromatic carbocycles. The lowest BCUT2D eigenvalue weighted by Crippen LogP contribution is -2.32. The normalized spacial score (nSPS) is 11.6. The molecule has 6 nitrogen and oxygen atoms in total. The number of anilines is 1. The van der Waals surface area contributed by atoms with Gasteiger partial charge in [0.05, 0.1) is 12.7 Å². The molecule has 24 heavy (non-hydrogen) atoms. The van der Waals surface area contributed by atoms with Crippen LogP contribution in [0, 0.1) is 0 Å². The summed E-state index contributed by atoms with van der Waals surface area (Å²) in [6, 6.07) is 7.23. The van der Waals surface area contributed by atoms with Gasteiger partial charge in [0.25, 0.3) is 0 Å². The number of carbonyl (C=O) groups excluding carboxylic acids is 2. The maximum atomic E-state index is 11.6. The van der Waals surface area contributed by atoms with E-state index in [0.717, 1.165) is 24.3 Å². The molecule has 0 radical (unpaired) electrons. The molecule has 1 atom stereocenters. The van der Waals surface area contributed by atoms with Crippen LogP contribution in [0.2, 0.25) is 0 Å². The number of hydrogen-bond acceptors (Lipinski definition) is 5. The smallest absolute Gasteiger partial charge is 0.330 e. The molecule has 1 aromatic rings. The second-order valence-electron chi connectivity index (χ2n) is 4.89. The molecule has 0 aliphatic heterocycles. The van der Waals surface area contributed by atoms with Crippen molar-refractivity contribution in [1.29, 1.82) is 0 Å². The Kier molecular flexibility index (Phi) is 8.49. The first kappa shape index (κ1) is 19.6. The van der Waals surface area contributed by atoms with E-state index in [2.05, 4.69) is 22.3 Å². The minimum Gasteiger partial charge on any atom is -0.491 e. The summed E-state index contributed by atoms with van der Waals surface area (Å²) in [4.78, 5) is 22.7. The zero-order chi connectivity index (χ0) is 17.9. The molecule has 0 spiro atoms. The number of nitrogens with one attached hydrogen (secondary N) is 2. The molecule has 0 saturated heterocycles. The molecule has 7 heteroatoms. The van der Waals surface area contributed by atoms with Gasteiger partial charge in [-0.05, 0) is 56.8 Å². The SMILES string of the molecule is CCOC(=O)/C=C/C(=O)NC(=S)Nc1ccc(OC(C)CC)cc1. The molecular weight excluding hydrogens is 328 g/mol. The van der Waals surface area contributed by atoms with Gasteiger partial charge in [-0.2, -0.15) is 0 Å². The van der Waals surface area contributed by atoms with Gasteiger partial charge in [-0.15, -0.1) is 0 Å². The molecule has 130 valence electrons. The highest BCUT2D eigenvalue weighted by Crippen LogP contribution is 2.17. The van der Waals surface area contributed by atoms with Gasteiger partial charge >= 0.3 is 5.97 Å². The third kappa shape index (κ3) is 7.73. The van der Waals surface area contributed by atoms with E-state index in [-0.39, 0.29) is 17.8 Å². The highest BCUT2D eigenvalue weighted by Gasteiger charge is 2.04. The van der Waals surface area contributed by atoms with E-state index in [1.165, 1.54) is 0 Å². The number of benzene rings is 1. The fourth-order valence-electron chi connectivity index (χ4n) is 1.58. The maximum Gasteiger partial charge on any atom is 0.330 e. The quantitative estimate of drug-likeness (QED) is 0.447. The van der Waals surface area contributed by atoms with Crippen molar-refractivity contribution in [2.24, 2.45) is 0 Å². The number of rotatable bonds is 7. The summed E-state index contributed by atoms with van der Waals surface area (Å²) in [5.41, 5.74) is 0.714. The Morgan fingerprint density at radius 1 is 1.21 bits per heavy atom. The fraction of sp³-hybridized carbons (Fsp3) is 0.353. The first-order chi connectivity index (χ1) is 11.4. The topological polar surface area (TPSA) is 76.7 Å². The molecule has 0 aliphatic rings. The van der Waals surface area contributed by atoms with Crippen molar-refractivity contribution in [2.75, 3.05) is 11.9 Å². The van der Waals surface area contributed by atoms with E-state index in [4.69, 9.17) is 17.0 Å². The predicted octanol–water partition coefficient (Wildman–Crippen LogP) is 2.80. The number of thiocarbonyl (C=S) groups is 1. The average molecular weight is 350 g/mol. The predicted molar refractivity (Wildman–Crippen MR) is 97.0 cm³/mol. The highest BCUT2D eigenvalue weighted by atomic mass is 32.1. The summed E-state index contributed by atoms with van der Waals surface area (Å²) in [6.45, 7) is 5.99. The van der Waals surface area contributed by atoms with Crippen LogP contribution in [0.5, 0.6) is 5.75 Å². The van der Waals surface area contributed by atoms with Crippen molar-refractivity contribution in [2.45, 2.75) is 33.3 Å². The summed E-state index contributed by atoms with van der Waals surface area (Å²) in [7, 11) is 0. The minimum atomic E-state index is -0.580. The van der Waals surface area contributed by atoms with Crippen LogP contribution in [0.15, 0.2) is 36.4 Å². The number of carbonyl (C=O) groups is 2. The molecule has 1 amide bonds. The average Bonchev–Trinajstić information content (AvgIpc) is 2.55. The van der Waals surface area contributed by atoms with E-state index in [1.807, 2.05) is 19.1 Å². The summed E-state index contributed by atoms with van der Waals surface area (Å²) < 4.78 is 10.4. The Balaban J connectivity index is 2.47. The number of amides is 1. The molecule has 0 aromatic heterocycles. The fourth-order valence-corrected chi connectivity index (χ4v) is 1.80. The minimum absolute atomic E-state index is 0.129. The van der Waals surface area contributed by atoms with Gasteiger partial charge in [0.2, 0.25) is 5.91 Å². The highest BCUT2D eigenvalue weighted by molar-refractivity contribution is 7.80. The Bertz CT molecular complexity index is 599. The van der Waals surface area contributed by atoms with Crippen LogP contribution in [0.25, 0.3) is 0 Å². The maximum absolute atomic E-state index is 11.6. The van der Waals surface area contributed by atoms with Crippen molar-refractivity contribution in [3.63, 3.8) is 0 Å². The summed E-state index contributed by atoms with van der Waals surface area (Å²) >= 11 is 5.04. The summed E-state index contributed by atoms with van der Waals surface area (Å²) in [5.74, 6) is -0.331. The van der Waals surface area contributed by atoms with Gasteiger partial charge in [0.1, 0.15) is 5.75 Å². The van der Waals surface area contributed by atoms with Crippen LogP contribution >= 0.6 is 12.2 Å². The lowest BCUT2D eigenvalue weighted by Gasteiger charge is -2.13. The van der Waals surface area contributed by atoms with Crippen LogP contribution in [0.1, 0.15) is 27.2 Å². The molecule has 1 unspecified atom stereocenters. The summed E-state index contributed by atoms with van der Waals surface area (Å²) in [5, 5.41) is 5.44. The van der Waals surface area contributed by atoms with Crippen molar-refractivity contribution in [1.82, 2.24) is 5.32 Å². The second-order valence-corrected chi connectivity index (χ2v) is 5.30. The lowest BCUT2D eigenvalue weighted by atomic mass is 10.3. The molecule has 0 fully saturated rings. The van der Waals surface area contributed by atoms with Gasteiger partial charge in [0, 0.05) is 17.8 Å². The van der Waals surface area contributed by atoms with E-state index in [9.17, 15) is 9.59 Å². The third-order valence-corrected chi connectivity index (χ3v) is 3.12. The first-order valence-electron chi connectivity index (χ1n) is 7.68. The van der Waals surface area contributed by atoms with E-state index < -0.39 is 11.9 Å². The Hall–Kier alpha value is -2.41. The van der Waals surface area contributed by atoms with Crippen LogP contribution < -0.4 is 15.4 Å². The molecular formula is C17H22N2O4S. The van der Waals surface area contributed by atoms with Crippen LogP contribution in [0.4, 0.5) is 5.69 Å². The van der Waals surface area contributed by atoms with Gasteiger partial charge in [-0.25, -0.2) is 4.79 Å². The van der Waals surface area contributed by atoms with Crippen molar-refractivity contribution < 1.29 is 19.1 Å². The van der Waals surface area contributed by atoms with Crippen LogP contribution in [0.3, 0.4) is 0 Å². The van der Waals surface area contributed by atoms with Crippen molar-refractivity contribution in [3.8, 4) is 5.75 Å². The molecule has 1 rings (SSSR count). The first-order valence-corrected chi connectivity index (χ1v) is 8.09. The van der Waals surface area contributed by atoms with E-state index in [0.29, 0.717) is 5.69 Å². The zero-order valence-corrected chi connectivity index (χ0v) is 14.8. The molecule has 0 aliphatic carbocycles. The van der Waals surface area contributed by atoms with E-state index >= 15 is 0 Å². The van der Waals surface area contributed by atoms with Crippen LogP contribution in [-0.2, 0) is 14.3 Å². The second kappa shape index (κ2) is 10.4. The Labute approximate surface area is 147 Å². The van der Waals surface area contributed by atoms with Crippen molar-refractivity contribution >= 4 is 34.9 Å². The Morgan fingerprint density at radius 2 is 1.88 bits per heavy atom. The van der Waals surface area contributed by atoms with Gasteiger partial charge < -0.3 is 14.8 Å².